The van der Waals surface area contributed by atoms with E-state index in [0.717, 1.165) is 0 Å². The van der Waals surface area contributed by atoms with E-state index in [1.165, 1.54) is 48.5 Å². The number of carboxylic acids is 1. The van der Waals surface area contributed by atoms with Crippen LogP contribution >= 0.6 is 0 Å². The van der Waals surface area contributed by atoms with Crippen LogP contribution < -0.4 is 10.4 Å². The average Bonchev–Trinajstić information content (AvgIpc) is 2.76. The molecule has 0 saturated carbocycles. The SMILES string of the molecule is O=C(CN1C(=O)c2ccccc2S1(=O)=O)Nc1cccc(C(=O)[O-])c1. The van der Waals surface area contributed by atoms with Crippen LogP contribution in [0.4, 0.5) is 5.69 Å². The van der Waals surface area contributed by atoms with E-state index < -0.39 is 34.4 Å². The van der Waals surface area contributed by atoms with Gasteiger partial charge in [-0.05, 0) is 29.8 Å². The Morgan fingerprint density at radius 3 is 2.48 bits per heavy atom. The number of carbonyl (C=O) groups excluding carboxylic acids is 3. The van der Waals surface area contributed by atoms with Gasteiger partial charge in [0.2, 0.25) is 5.91 Å². The third-order valence-corrected chi connectivity index (χ3v) is 5.37. The number of sulfonamides is 1. The van der Waals surface area contributed by atoms with Crippen molar-refractivity contribution in [2.75, 3.05) is 11.9 Å². The highest BCUT2D eigenvalue weighted by molar-refractivity contribution is 7.90. The third kappa shape index (κ3) is 2.96. The lowest BCUT2D eigenvalue weighted by Crippen LogP contribution is -2.37. The molecule has 25 heavy (non-hydrogen) atoms. The van der Waals surface area contributed by atoms with E-state index in [0.29, 0.717) is 4.31 Å². The standard InChI is InChI=1S/C16H12N2O6S/c19-14(17-11-5-3-4-10(8-11)16(21)22)9-18-15(20)12-6-1-2-7-13(12)25(18,23)24/h1-8H,9H2,(H,17,19)(H,21,22)/p-1. The molecule has 2 aromatic rings. The molecule has 2 amide bonds. The maximum atomic E-state index is 12.4. The molecule has 0 unspecified atom stereocenters. The van der Waals surface area contributed by atoms with E-state index >= 15 is 0 Å². The van der Waals surface area contributed by atoms with E-state index in [1.807, 2.05) is 0 Å². The first-order valence-electron chi connectivity index (χ1n) is 7.08. The van der Waals surface area contributed by atoms with Gasteiger partial charge >= 0.3 is 0 Å². The number of nitrogens with one attached hydrogen (secondary N) is 1. The van der Waals surface area contributed by atoms with Crippen LogP contribution in [0.1, 0.15) is 20.7 Å². The number of anilines is 1. The predicted molar refractivity (Wildman–Crippen MR) is 84.1 cm³/mol. The monoisotopic (exact) mass is 359 g/mol. The van der Waals surface area contributed by atoms with Crippen LogP contribution in [0.15, 0.2) is 53.4 Å². The van der Waals surface area contributed by atoms with Gasteiger partial charge in [0.15, 0.2) is 0 Å². The molecule has 0 spiro atoms. The first-order chi connectivity index (χ1) is 11.8. The Labute approximate surface area is 142 Å². The second kappa shape index (κ2) is 6.02. The fourth-order valence-electron chi connectivity index (χ4n) is 2.44. The Morgan fingerprint density at radius 2 is 1.80 bits per heavy atom. The van der Waals surface area contributed by atoms with Gasteiger partial charge in [0, 0.05) is 5.69 Å². The lowest BCUT2D eigenvalue weighted by atomic mass is 10.2. The maximum Gasteiger partial charge on any atom is 0.269 e. The molecule has 0 atom stereocenters. The fourth-order valence-corrected chi connectivity index (χ4v) is 3.97. The smallest absolute Gasteiger partial charge is 0.269 e. The number of amides is 2. The first kappa shape index (κ1) is 16.7. The number of fused-ring (bicyclic) bond motifs is 1. The van der Waals surface area contributed by atoms with Crippen LogP contribution in [0, 0.1) is 0 Å². The summed E-state index contributed by atoms with van der Waals surface area (Å²) in [6.45, 7) is -0.717. The Balaban J connectivity index is 1.79. The lowest BCUT2D eigenvalue weighted by molar-refractivity contribution is -0.255. The molecular weight excluding hydrogens is 348 g/mol. The van der Waals surface area contributed by atoms with Crippen molar-refractivity contribution in [2.24, 2.45) is 0 Å². The number of carboxylic acid groups (broad SMARTS) is 1. The Morgan fingerprint density at radius 1 is 1.08 bits per heavy atom. The Kier molecular flexibility index (Phi) is 4.01. The van der Waals surface area contributed by atoms with Crippen molar-refractivity contribution in [1.82, 2.24) is 4.31 Å². The Bertz CT molecular complexity index is 999. The summed E-state index contributed by atoms with van der Waals surface area (Å²) in [5.41, 5.74) is 0.0117. The van der Waals surface area contributed by atoms with E-state index in [-0.39, 0.29) is 21.7 Å². The molecule has 1 N–H and O–H groups in total. The van der Waals surface area contributed by atoms with Crippen molar-refractivity contribution in [1.29, 1.82) is 0 Å². The normalized spacial score (nSPS) is 14.9. The van der Waals surface area contributed by atoms with Crippen LogP contribution in [-0.4, -0.2) is 37.1 Å². The highest BCUT2D eigenvalue weighted by Crippen LogP contribution is 2.29. The summed E-state index contributed by atoms with van der Waals surface area (Å²) >= 11 is 0. The zero-order valence-corrected chi connectivity index (χ0v) is 13.4. The van der Waals surface area contributed by atoms with Crippen molar-refractivity contribution in [3.63, 3.8) is 0 Å². The van der Waals surface area contributed by atoms with Gasteiger partial charge in [-0.3, -0.25) is 9.59 Å². The quantitative estimate of drug-likeness (QED) is 0.808. The molecule has 0 aliphatic carbocycles. The number of benzene rings is 2. The first-order valence-corrected chi connectivity index (χ1v) is 8.52. The molecule has 1 aliphatic heterocycles. The van der Waals surface area contributed by atoms with Crippen molar-refractivity contribution < 1.29 is 27.9 Å². The molecule has 9 heteroatoms. The average molecular weight is 359 g/mol. The fraction of sp³-hybridized carbons (Fsp3) is 0.0625. The highest BCUT2D eigenvalue weighted by atomic mass is 32.2. The molecule has 2 aromatic carbocycles. The summed E-state index contributed by atoms with van der Waals surface area (Å²) in [6.07, 6.45) is 0. The van der Waals surface area contributed by atoms with Crippen LogP contribution in [0.2, 0.25) is 0 Å². The molecular formula is C16H11N2O6S-. The minimum absolute atomic E-state index is 0.00856. The molecule has 3 rings (SSSR count). The largest absolute Gasteiger partial charge is 0.545 e. The lowest BCUT2D eigenvalue weighted by Gasteiger charge is -2.15. The predicted octanol–water partition coefficient (Wildman–Crippen LogP) is -0.167. The van der Waals surface area contributed by atoms with Crippen LogP contribution in [-0.2, 0) is 14.8 Å². The van der Waals surface area contributed by atoms with E-state index in [4.69, 9.17) is 0 Å². The van der Waals surface area contributed by atoms with Gasteiger partial charge in [0.25, 0.3) is 15.9 Å². The minimum atomic E-state index is -4.09. The maximum absolute atomic E-state index is 12.4. The second-order valence-corrected chi connectivity index (χ2v) is 7.06. The number of aromatic carboxylic acids is 1. The molecule has 1 aliphatic rings. The summed E-state index contributed by atoms with van der Waals surface area (Å²) < 4.78 is 25.2. The minimum Gasteiger partial charge on any atom is -0.545 e. The van der Waals surface area contributed by atoms with Crippen molar-refractivity contribution in [3.05, 3.63) is 59.7 Å². The zero-order chi connectivity index (χ0) is 18.2. The van der Waals surface area contributed by atoms with Gasteiger partial charge in [-0.2, -0.15) is 0 Å². The van der Waals surface area contributed by atoms with E-state index in [1.54, 1.807) is 0 Å². The van der Waals surface area contributed by atoms with Crippen molar-refractivity contribution >= 4 is 33.5 Å². The topological polar surface area (TPSA) is 124 Å². The summed E-state index contributed by atoms with van der Waals surface area (Å²) in [7, 11) is -4.09. The van der Waals surface area contributed by atoms with Gasteiger partial charge in [-0.1, -0.05) is 24.3 Å². The summed E-state index contributed by atoms with van der Waals surface area (Å²) in [6, 6.07) is 11.0. The molecule has 1 heterocycles. The van der Waals surface area contributed by atoms with Crippen LogP contribution in [0.5, 0.6) is 0 Å². The van der Waals surface area contributed by atoms with Gasteiger partial charge in [-0.25, -0.2) is 12.7 Å². The van der Waals surface area contributed by atoms with Crippen molar-refractivity contribution in [2.45, 2.75) is 4.90 Å². The summed E-state index contributed by atoms with van der Waals surface area (Å²) in [4.78, 5) is 35.0. The molecule has 0 radical (unpaired) electrons. The van der Waals surface area contributed by atoms with E-state index in [9.17, 15) is 27.9 Å². The molecule has 0 fully saturated rings. The zero-order valence-electron chi connectivity index (χ0n) is 12.6. The number of nitrogens with zero attached hydrogens (tertiary/aromatic N) is 1. The molecule has 0 saturated heterocycles. The van der Waals surface area contributed by atoms with Gasteiger partial charge in [-0.15, -0.1) is 0 Å². The highest BCUT2D eigenvalue weighted by Gasteiger charge is 2.41. The van der Waals surface area contributed by atoms with Gasteiger partial charge < -0.3 is 15.2 Å². The molecule has 8 nitrogen and oxygen atoms in total. The second-order valence-electron chi connectivity index (χ2n) is 5.23. The number of rotatable bonds is 4. The van der Waals surface area contributed by atoms with Gasteiger partial charge in [0.05, 0.1) is 11.5 Å². The molecule has 0 aromatic heterocycles. The summed E-state index contributed by atoms with van der Waals surface area (Å²) in [5.74, 6) is -2.97. The Hall–Kier alpha value is -3.20. The third-order valence-electron chi connectivity index (χ3n) is 3.58. The molecule has 0 bridgehead atoms. The van der Waals surface area contributed by atoms with Crippen LogP contribution in [0.3, 0.4) is 0 Å². The van der Waals surface area contributed by atoms with Crippen LogP contribution in [0.25, 0.3) is 0 Å². The van der Waals surface area contributed by atoms with E-state index in [2.05, 4.69) is 5.32 Å². The number of carbonyl (C=O) groups is 3. The number of hydrogen-bond donors (Lipinski definition) is 1. The van der Waals surface area contributed by atoms with Gasteiger partial charge in [0.1, 0.15) is 11.4 Å². The summed E-state index contributed by atoms with van der Waals surface area (Å²) in [5, 5.41) is 13.2. The van der Waals surface area contributed by atoms with Crippen molar-refractivity contribution in [3.8, 4) is 0 Å². The number of hydrogen-bond acceptors (Lipinski definition) is 6. The molecule has 128 valence electrons.